The Hall–Kier alpha value is -7.58. The van der Waals surface area contributed by atoms with Crippen LogP contribution >= 0.6 is 0 Å². The molecule has 0 heterocycles. The molecule has 464 valence electrons. The van der Waals surface area contributed by atoms with Crippen molar-refractivity contribution in [2.75, 3.05) is 60.8 Å². The van der Waals surface area contributed by atoms with Crippen molar-refractivity contribution in [1.29, 1.82) is 0 Å². The summed E-state index contributed by atoms with van der Waals surface area (Å²) in [4.78, 5) is 71.6. The standard InChI is InChI=1S/C30H36FN3O4.C28H34FN3O3.C7H8O4.CH4.Ar/c1-22(35)32-17-9-4-5-10-18-33-28-15-14-27(37-3)19-24(28)21-34(23(2)36)29-20-25(31)13-16-30(29)38-26-11-7-6-8-12-26;1-21(33)32(27-19-23(29)12-15-28(27)35-24-10-6-5-7-11-24)20-22-18-25(34-2)13-14-26(22)31-17-9-4-3-8-16-30;1-4(8)11-7-5(9)2-3-6(7)10;;/h6-8,11-16,19-20,33H,4-5,9-10,17-18,21H2,1-3H3,(H,32,35);5-7,10-15,18-19,31H,3-4,8-9,16-17,20,30H2,1-2H3;7H,2-3H2,1H3;1H4;. The van der Waals surface area contributed by atoms with Crippen LogP contribution in [0, 0.1) is 49.4 Å². The summed E-state index contributed by atoms with van der Waals surface area (Å²) < 4.78 is 56.0. The van der Waals surface area contributed by atoms with Gasteiger partial charge in [-0.15, -0.1) is 0 Å². The normalized spacial score (nSPS) is 11.4. The molecule has 17 nitrogen and oxygen atoms in total. The molecule has 0 bridgehead atoms. The van der Waals surface area contributed by atoms with E-state index in [-0.39, 0.29) is 100 Å². The number of nitrogens with zero attached hydrogens (tertiary/aromatic N) is 2. The van der Waals surface area contributed by atoms with E-state index in [4.69, 9.17) is 24.7 Å². The van der Waals surface area contributed by atoms with E-state index in [1.165, 1.54) is 67.8 Å². The van der Waals surface area contributed by atoms with Gasteiger partial charge in [-0.1, -0.05) is 69.5 Å². The van der Waals surface area contributed by atoms with E-state index in [2.05, 4.69) is 20.7 Å². The van der Waals surface area contributed by atoms with Crippen molar-refractivity contribution in [3.63, 3.8) is 0 Å². The molecule has 0 saturated heterocycles. The molecule has 0 radical (unpaired) electrons. The van der Waals surface area contributed by atoms with Crippen LogP contribution in [-0.2, 0) is 46.6 Å². The number of unbranched alkanes of at least 4 members (excludes halogenated alkanes) is 6. The number of carbonyl (C=O) groups excluding carboxylic acids is 6. The van der Waals surface area contributed by atoms with Gasteiger partial charge in [0.25, 0.3) is 0 Å². The SMILES string of the molecule is C.CC(=O)OC1C(=O)CCC1=O.COc1ccc(NCCCCCCN)c(CN(C(C)=O)c2cc(F)ccc2Oc2ccccc2)c1.COc1ccc(NCCCCCCNC(C)=O)c(CN(C(C)=O)c2cc(F)ccc2Oc2ccccc2)c1.[Ar]. The van der Waals surface area contributed by atoms with Gasteiger partial charge in [-0.3, -0.25) is 28.8 Å². The second-order valence-electron chi connectivity index (χ2n) is 19.7. The maximum absolute atomic E-state index is 14.4. The Morgan fingerprint density at radius 1 is 0.535 bits per heavy atom. The summed E-state index contributed by atoms with van der Waals surface area (Å²) >= 11 is 0. The smallest absolute Gasteiger partial charge is 0.303 e. The quantitative estimate of drug-likeness (QED) is 0.0204. The summed E-state index contributed by atoms with van der Waals surface area (Å²) in [6, 6.07) is 38.1. The van der Waals surface area contributed by atoms with Gasteiger partial charge in [0.05, 0.1) is 38.7 Å². The number of rotatable bonds is 28. The molecule has 6 aromatic rings. The fraction of sp³-hybridized carbons (Fsp3) is 0.364. The molecule has 5 N–H and O–H groups in total. The van der Waals surface area contributed by atoms with E-state index < -0.39 is 23.7 Å². The predicted molar refractivity (Wildman–Crippen MR) is 329 cm³/mol. The zero-order chi connectivity index (χ0) is 60.8. The minimum absolute atomic E-state index is 0. The first-order valence-electron chi connectivity index (χ1n) is 28.1. The number of nitrogens with two attached hydrogens (primary N) is 1. The van der Waals surface area contributed by atoms with Crippen LogP contribution in [0.15, 0.2) is 133 Å². The van der Waals surface area contributed by atoms with Gasteiger partial charge in [0.2, 0.25) is 23.8 Å². The summed E-state index contributed by atoms with van der Waals surface area (Å²) in [5.41, 5.74) is 9.74. The molecular weight excluding hydrogens is 1130 g/mol. The molecule has 1 saturated carbocycles. The Bertz CT molecular complexity index is 3090. The minimum Gasteiger partial charge on any atom is -0.497 e. The maximum atomic E-state index is 14.4. The number of amides is 3. The summed E-state index contributed by atoms with van der Waals surface area (Å²) in [5, 5.41) is 9.75. The Labute approximate surface area is 534 Å². The second kappa shape index (κ2) is 39.2. The third-order valence-electron chi connectivity index (χ3n) is 13.1. The number of carbonyl (C=O) groups is 6. The van der Waals surface area contributed by atoms with Crippen molar-refractivity contribution in [1.82, 2.24) is 5.32 Å². The summed E-state index contributed by atoms with van der Waals surface area (Å²) in [7, 11) is 3.19. The van der Waals surface area contributed by atoms with Crippen molar-refractivity contribution in [3.8, 4) is 34.5 Å². The topological polar surface area (TPSA) is 217 Å². The van der Waals surface area contributed by atoms with Crippen LogP contribution in [0.3, 0.4) is 0 Å². The molecule has 1 aliphatic carbocycles. The Morgan fingerprint density at radius 3 is 1.31 bits per heavy atom. The van der Waals surface area contributed by atoms with Gasteiger partial charge >= 0.3 is 5.97 Å². The molecule has 0 atom stereocenters. The number of Topliss-reactive ketones (excluding diaryl/α,β-unsaturated/α-hetero) is 2. The number of nitrogens with one attached hydrogen (secondary N) is 3. The third kappa shape index (κ3) is 24.8. The molecule has 0 aromatic heterocycles. The summed E-state index contributed by atoms with van der Waals surface area (Å²) in [6.45, 7) is 8.99. The van der Waals surface area contributed by atoms with Crippen molar-refractivity contribution >= 4 is 58.0 Å². The first-order chi connectivity index (χ1) is 40.5. The van der Waals surface area contributed by atoms with Gasteiger partial charge in [-0.05, 0) is 128 Å². The minimum atomic E-state index is -1.10. The van der Waals surface area contributed by atoms with Crippen LogP contribution in [0.1, 0.15) is 110 Å². The number of methoxy groups -OCH3 is 2. The van der Waals surface area contributed by atoms with Gasteiger partial charge in [-0.25, -0.2) is 8.78 Å². The average molecular weight is 1210 g/mol. The number of ether oxygens (including phenoxy) is 5. The molecule has 86 heavy (non-hydrogen) atoms. The van der Waals surface area contributed by atoms with Crippen LogP contribution in [0.25, 0.3) is 0 Å². The molecule has 7 rings (SSSR count). The fourth-order valence-corrected chi connectivity index (χ4v) is 8.80. The molecular formula is C66H82ArF2N6O11. The molecule has 1 aliphatic rings. The van der Waals surface area contributed by atoms with Gasteiger partial charge in [-0.2, -0.15) is 0 Å². The van der Waals surface area contributed by atoms with Crippen LogP contribution < -0.4 is 50.4 Å². The Kier molecular flexibility index (Phi) is 33.1. The maximum Gasteiger partial charge on any atom is 0.303 e. The van der Waals surface area contributed by atoms with Crippen LogP contribution in [-0.4, -0.2) is 81.8 Å². The number of hydrogen-bond acceptors (Lipinski definition) is 14. The van der Waals surface area contributed by atoms with Gasteiger partial charge < -0.3 is 55.2 Å². The number of esters is 1. The number of para-hydroxylation sites is 2. The number of anilines is 4. The zero-order valence-corrected chi connectivity index (χ0v) is 49.9. The third-order valence-corrected chi connectivity index (χ3v) is 13.1. The van der Waals surface area contributed by atoms with E-state index >= 15 is 0 Å². The van der Waals surface area contributed by atoms with E-state index in [0.717, 1.165) is 87.0 Å². The molecule has 0 spiro atoms. The monoisotopic (exact) mass is 1210 g/mol. The first-order valence-corrected chi connectivity index (χ1v) is 28.1. The fourth-order valence-electron chi connectivity index (χ4n) is 8.80. The molecule has 0 unspecified atom stereocenters. The zero-order valence-electron chi connectivity index (χ0n) is 49.2. The number of hydrogen-bond donors (Lipinski definition) is 4. The van der Waals surface area contributed by atoms with Gasteiger partial charge in [0.1, 0.15) is 34.6 Å². The van der Waals surface area contributed by atoms with Gasteiger partial charge in [0.15, 0.2) is 23.1 Å². The van der Waals surface area contributed by atoms with Crippen molar-refractivity contribution < 1.29 is 99.0 Å². The molecule has 0 aliphatic heterocycles. The van der Waals surface area contributed by atoms with Crippen molar-refractivity contribution in [2.24, 2.45) is 5.73 Å². The first kappa shape index (κ1) is 72.7. The van der Waals surface area contributed by atoms with E-state index in [0.29, 0.717) is 59.0 Å². The molecule has 3 amide bonds. The molecule has 1 fully saturated rings. The van der Waals surface area contributed by atoms with Crippen molar-refractivity contribution in [3.05, 3.63) is 156 Å². The van der Waals surface area contributed by atoms with E-state index in [1.54, 1.807) is 32.4 Å². The number of benzene rings is 6. The largest absolute Gasteiger partial charge is 0.497 e. The molecule has 6 aromatic carbocycles. The average Bonchev–Trinajstić information content (AvgIpc) is 1.90. The van der Waals surface area contributed by atoms with E-state index in [9.17, 15) is 37.5 Å². The van der Waals surface area contributed by atoms with Gasteiger partial charge in [0, 0.05) is 121 Å². The second-order valence-corrected chi connectivity index (χ2v) is 19.7. The predicted octanol–water partition coefficient (Wildman–Crippen LogP) is 12.9. The van der Waals surface area contributed by atoms with Crippen LogP contribution in [0.4, 0.5) is 31.5 Å². The number of ketones is 2. The van der Waals surface area contributed by atoms with Crippen molar-refractivity contribution in [2.45, 2.75) is 119 Å². The molecule has 20 heteroatoms. The van der Waals surface area contributed by atoms with Crippen LogP contribution in [0.2, 0.25) is 0 Å². The van der Waals surface area contributed by atoms with Crippen LogP contribution in [0.5, 0.6) is 34.5 Å². The summed E-state index contributed by atoms with van der Waals surface area (Å²) in [6.07, 6.45) is 7.52. The number of halogens is 2. The Morgan fingerprint density at radius 2 is 0.942 bits per heavy atom. The van der Waals surface area contributed by atoms with E-state index in [1.807, 2.05) is 84.9 Å². The summed E-state index contributed by atoms with van der Waals surface area (Å²) in [5.74, 6) is 0.739. The Balaban J connectivity index is 0.000000375.